The summed E-state index contributed by atoms with van der Waals surface area (Å²) < 4.78 is 0. The van der Waals surface area contributed by atoms with Crippen molar-refractivity contribution in [3.05, 3.63) is 21.9 Å². The van der Waals surface area contributed by atoms with Crippen LogP contribution in [-0.2, 0) is 4.79 Å². The van der Waals surface area contributed by atoms with Crippen molar-refractivity contribution in [1.82, 2.24) is 5.32 Å². The maximum absolute atomic E-state index is 11.3. The van der Waals surface area contributed by atoms with Crippen molar-refractivity contribution in [2.24, 2.45) is 10.7 Å². The van der Waals surface area contributed by atoms with Crippen LogP contribution in [0.1, 0.15) is 16.5 Å². The normalized spacial score (nSPS) is 21.5. The Morgan fingerprint density at radius 2 is 2.46 bits per heavy atom. The van der Waals surface area contributed by atoms with Crippen LogP contribution in [0, 0.1) is 6.92 Å². The lowest BCUT2D eigenvalue weighted by atomic mass is 10.2. The predicted molar refractivity (Wildman–Crippen MR) is 51.6 cm³/mol. The molecule has 1 atom stereocenters. The third-order valence-electron chi connectivity index (χ3n) is 1.92. The first-order valence-corrected chi connectivity index (χ1v) is 4.74. The maximum Gasteiger partial charge on any atom is 0.257 e. The Morgan fingerprint density at radius 1 is 1.69 bits per heavy atom. The van der Waals surface area contributed by atoms with E-state index in [2.05, 4.69) is 10.3 Å². The zero-order chi connectivity index (χ0) is 9.42. The molecule has 1 unspecified atom stereocenters. The predicted octanol–water partition coefficient (Wildman–Crippen LogP) is 0.542. The molecule has 0 aliphatic carbocycles. The summed E-state index contributed by atoms with van der Waals surface area (Å²) in [5.41, 5.74) is 6.48. The molecular weight excluding hydrogens is 186 g/mol. The molecule has 1 aliphatic rings. The number of aryl methyl sites for hydroxylation is 1. The van der Waals surface area contributed by atoms with Gasteiger partial charge in [-0.25, -0.2) is 4.99 Å². The highest BCUT2D eigenvalue weighted by atomic mass is 32.1. The molecule has 1 aromatic rings. The summed E-state index contributed by atoms with van der Waals surface area (Å²) in [6.07, 6.45) is 0. The minimum Gasteiger partial charge on any atom is -0.370 e. The van der Waals surface area contributed by atoms with Gasteiger partial charge in [-0.1, -0.05) is 0 Å². The number of carbonyl (C=O) groups excluding carboxylic acids is 1. The van der Waals surface area contributed by atoms with E-state index in [1.165, 1.54) is 11.3 Å². The lowest BCUT2D eigenvalue weighted by Crippen LogP contribution is -2.31. The first kappa shape index (κ1) is 8.25. The van der Waals surface area contributed by atoms with Crippen molar-refractivity contribution in [2.45, 2.75) is 13.0 Å². The molecule has 2 heterocycles. The lowest BCUT2D eigenvalue weighted by molar-refractivity contribution is -0.120. The van der Waals surface area contributed by atoms with Crippen LogP contribution < -0.4 is 11.1 Å². The number of rotatable bonds is 1. The van der Waals surface area contributed by atoms with E-state index in [1.54, 1.807) is 0 Å². The number of nitrogens with zero attached hydrogens (tertiary/aromatic N) is 1. The van der Waals surface area contributed by atoms with Crippen LogP contribution in [0.2, 0.25) is 0 Å². The van der Waals surface area contributed by atoms with E-state index in [0.717, 1.165) is 10.4 Å². The summed E-state index contributed by atoms with van der Waals surface area (Å²) in [7, 11) is 0. The van der Waals surface area contributed by atoms with E-state index in [-0.39, 0.29) is 11.9 Å². The SMILES string of the molecule is Cc1ccsc1C1N=C(N)NC1=O. The summed E-state index contributed by atoms with van der Waals surface area (Å²) in [6, 6.07) is 1.54. The van der Waals surface area contributed by atoms with Gasteiger partial charge in [-0.2, -0.15) is 0 Å². The Balaban J connectivity index is 2.37. The van der Waals surface area contributed by atoms with Gasteiger partial charge in [0.2, 0.25) is 0 Å². The van der Waals surface area contributed by atoms with Crippen molar-refractivity contribution >= 4 is 23.2 Å². The number of guanidine groups is 1. The monoisotopic (exact) mass is 195 g/mol. The Labute approximate surface area is 79.5 Å². The number of nitrogens with two attached hydrogens (primary N) is 1. The number of thiophene rings is 1. The average Bonchev–Trinajstić information content (AvgIpc) is 2.58. The Bertz CT molecular complexity index is 382. The quantitative estimate of drug-likeness (QED) is 0.686. The standard InChI is InChI=1S/C8H9N3OS/c1-4-2-3-13-6(4)5-7(12)11-8(9)10-5/h2-3,5H,1H3,(H3,9,10,11,12). The molecule has 0 spiro atoms. The molecule has 0 aromatic carbocycles. The highest BCUT2D eigenvalue weighted by Gasteiger charge is 2.28. The fourth-order valence-electron chi connectivity index (χ4n) is 1.27. The smallest absolute Gasteiger partial charge is 0.257 e. The topological polar surface area (TPSA) is 67.5 Å². The highest BCUT2D eigenvalue weighted by molar-refractivity contribution is 7.10. The van der Waals surface area contributed by atoms with E-state index in [1.807, 2.05) is 18.4 Å². The van der Waals surface area contributed by atoms with E-state index < -0.39 is 6.04 Å². The van der Waals surface area contributed by atoms with Crippen LogP contribution in [0.3, 0.4) is 0 Å². The van der Waals surface area contributed by atoms with Crippen molar-refractivity contribution in [3.8, 4) is 0 Å². The summed E-state index contributed by atoms with van der Waals surface area (Å²) in [5, 5.41) is 4.42. The fraction of sp³-hybridized carbons (Fsp3) is 0.250. The van der Waals surface area contributed by atoms with Gasteiger partial charge in [-0.15, -0.1) is 11.3 Å². The van der Waals surface area contributed by atoms with Crippen LogP contribution >= 0.6 is 11.3 Å². The van der Waals surface area contributed by atoms with Gasteiger partial charge in [0.25, 0.3) is 5.91 Å². The average molecular weight is 195 g/mol. The van der Waals surface area contributed by atoms with Crippen LogP contribution in [0.15, 0.2) is 16.4 Å². The molecular formula is C8H9N3OS. The van der Waals surface area contributed by atoms with Crippen LogP contribution in [0.5, 0.6) is 0 Å². The van der Waals surface area contributed by atoms with E-state index in [0.29, 0.717) is 0 Å². The Morgan fingerprint density at radius 3 is 2.92 bits per heavy atom. The van der Waals surface area contributed by atoms with Crippen molar-refractivity contribution in [3.63, 3.8) is 0 Å². The largest absolute Gasteiger partial charge is 0.370 e. The maximum atomic E-state index is 11.3. The second kappa shape index (κ2) is 2.85. The third kappa shape index (κ3) is 1.31. The summed E-state index contributed by atoms with van der Waals surface area (Å²) in [5.74, 6) is 0.0749. The zero-order valence-corrected chi connectivity index (χ0v) is 7.89. The molecule has 4 nitrogen and oxygen atoms in total. The minimum atomic E-state index is -0.431. The second-order valence-electron chi connectivity index (χ2n) is 2.87. The van der Waals surface area contributed by atoms with Crippen molar-refractivity contribution in [1.29, 1.82) is 0 Å². The lowest BCUT2D eigenvalue weighted by Gasteiger charge is -2.01. The molecule has 0 saturated carbocycles. The first-order chi connectivity index (χ1) is 6.18. The molecule has 0 fully saturated rings. The van der Waals surface area contributed by atoms with Crippen molar-refractivity contribution in [2.75, 3.05) is 0 Å². The molecule has 1 aliphatic heterocycles. The van der Waals surface area contributed by atoms with E-state index >= 15 is 0 Å². The van der Waals surface area contributed by atoms with Gasteiger partial charge in [0, 0.05) is 4.88 Å². The van der Waals surface area contributed by atoms with Gasteiger partial charge in [-0.05, 0) is 23.9 Å². The van der Waals surface area contributed by atoms with Crippen molar-refractivity contribution < 1.29 is 4.79 Å². The van der Waals surface area contributed by atoms with Gasteiger partial charge in [0.1, 0.15) is 0 Å². The molecule has 68 valence electrons. The van der Waals surface area contributed by atoms with Crippen LogP contribution in [0.25, 0.3) is 0 Å². The molecule has 1 aromatic heterocycles. The second-order valence-corrected chi connectivity index (χ2v) is 3.82. The van der Waals surface area contributed by atoms with E-state index in [4.69, 9.17) is 5.73 Å². The fourth-order valence-corrected chi connectivity index (χ4v) is 2.23. The van der Waals surface area contributed by atoms with Gasteiger partial charge in [-0.3, -0.25) is 10.1 Å². The number of amides is 1. The molecule has 1 amide bonds. The summed E-state index contributed by atoms with van der Waals surface area (Å²) >= 11 is 1.53. The number of carbonyl (C=O) groups is 1. The van der Waals surface area contributed by atoms with Crippen LogP contribution in [0.4, 0.5) is 0 Å². The third-order valence-corrected chi connectivity index (χ3v) is 2.99. The molecule has 5 heteroatoms. The van der Waals surface area contributed by atoms with Gasteiger partial charge in [0.15, 0.2) is 12.0 Å². The van der Waals surface area contributed by atoms with Gasteiger partial charge in [0.05, 0.1) is 0 Å². The van der Waals surface area contributed by atoms with Gasteiger partial charge < -0.3 is 5.73 Å². The number of hydrogen-bond acceptors (Lipinski definition) is 4. The van der Waals surface area contributed by atoms with Crippen LogP contribution in [-0.4, -0.2) is 11.9 Å². The molecule has 0 radical (unpaired) electrons. The summed E-state index contributed by atoms with van der Waals surface area (Å²) in [4.78, 5) is 16.3. The highest BCUT2D eigenvalue weighted by Crippen LogP contribution is 2.28. The molecule has 13 heavy (non-hydrogen) atoms. The molecule has 3 N–H and O–H groups in total. The number of nitrogens with one attached hydrogen (secondary N) is 1. The Kier molecular flexibility index (Phi) is 1.81. The first-order valence-electron chi connectivity index (χ1n) is 3.86. The zero-order valence-electron chi connectivity index (χ0n) is 7.07. The molecule has 2 rings (SSSR count). The summed E-state index contributed by atoms with van der Waals surface area (Å²) in [6.45, 7) is 1.96. The molecule has 0 saturated heterocycles. The number of aliphatic imine (C=N–C) groups is 1. The minimum absolute atomic E-state index is 0.136. The Hall–Kier alpha value is -1.36. The number of hydrogen-bond donors (Lipinski definition) is 2. The molecule has 0 bridgehead atoms. The van der Waals surface area contributed by atoms with Gasteiger partial charge >= 0.3 is 0 Å². The van der Waals surface area contributed by atoms with E-state index in [9.17, 15) is 4.79 Å².